The third-order valence-electron chi connectivity index (χ3n) is 4.35. The summed E-state index contributed by atoms with van der Waals surface area (Å²) in [5.41, 5.74) is 1.41. The molecule has 0 aliphatic carbocycles. The summed E-state index contributed by atoms with van der Waals surface area (Å²) in [7, 11) is -3.74. The zero-order valence-corrected chi connectivity index (χ0v) is 17.2. The molecule has 4 nitrogen and oxygen atoms in total. The van der Waals surface area contributed by atoms with E-state index in [0.29, 0.717) is 10.0 Å². The van der Waals surface area contributed by atoms with Gasteiger partial charge in [0.2, 0.25) is 10.0 Å². The number of benzene rings is 3. The van der Waals surface area contributed by atoms with Gasteiger partial charge in [-0.15, -0.1) is 0 Å². The van der Waals surface area contributed by atoms with Crippen LogP contribution in [0, 0.1) is 0 Å². The first-order valence-electron chi connectivity index (χ1n) is 8.42. The second-order valence-corrected chi connectivity index (χ2v) is 9.06. The third kappa shape index (κ3) is 4.65. The monoisotopic (exact) mass is 445 g/mol. The van der Waals surface area contributed by atoms with Crippen molar-refractivity contribution in [1.82, 2.24) is 4.72 Å². The van der Waals surface area contributed by atoms with Crippen LogP contribution in [-0.2, 0) is 15.6 Å². The molecule has 0 heterocycles. The van der Waals surface area contributed by atoms with E-state index in [0.717, 1.165) is 11.1 Å². The Balaban J connectivity index is 1.76. The first kappa shape index (κ1) is 19.8. The standard InChI is InChI=1S/C21H20BrNO3S/c1-21(24,15-23-27(25,26)20-10-6-5-9-19(20)22)18-13-11-17(12-14-18)16-7-3-2-4-8-16/h2-14,23-24H,15H2,1H3/t21-/m1/s1. The van der Waals surface area contributed by atoms with Gasteiger partial charge in [0.1, 0.15) is 5.60 Å². The minimum atomic E-state index is -3.74. The van der Waals surface area contributed by atoms with Crippen molar-refractivity contribution in [2.75, 3.05) is 6.54 Å². The van der Waals surface area contributed by atoms with Crippen LogP contribution in [-0.4, -0.2) is 20.1 Å². The number of aliphatic hydroxyl groups is 1. The Morgan fingerprint density at radius 3 is 2.07 bits per heavy atom. The number of hydrogen-bond donors (Lipinski definition) is 2. The number of rotatable bonds is 6. The normalized spacial score (nSPS) is 13.9. The van der Waals surface area contributed by atoms with E-state index < -0.39 is 15.6 Å². The first-order valence-corrected chi connectivity index (χ1v) is 10.7. The molecule has 27 heavy (non-hydrogen) atoms. The van der Waals surface area contributed by atoms with Crippen molar-refractivity contribution in [3.8, 4) is 11.1 Å². The fraction of sp³-hybridized carbons (Fsp3) is 0.143. The van der Waals surface area contributed by atoms with Gasteiger partial charge in [0, 0.05) is 11.0 Å². The summed E-state index contributed by atoms with van der Waals surface area (Å²) in [6.07, 6.45) is 0. The molecule has 3 aromatic rings. The summed E-state index contributed by atoms with van der Waals surface area (Å²) in [5.74, 6) is 0. The predicted molar refractivity (Wildman–Crippen MR) is 111 cm³/mol. The van der Waals surface area contributed by atoms with E-state index in [1.165, 1.54) is 6.07 Å². The molecule has 0 aliphatic heterocycles. The van der Waals surface area contributed by atoms with Gasteiger partial charge in [0.05, 0.1) is 4.90 Å². The van der Waals surface area contributed by atoms with E-state index in [1.807, 2.05) is 54.6 Å². The Kier molecular flexibility index (Phi) is 5.81. The van der Waals surface area contributed by atoms with E-state index >= 15 is 0 Å². The lowest BCUT2D eigenvalue weighted by Gasteiger charge is -2.24. The van der Waals surface area contributed by atoms with E-state index in [4.69, 9.17) is 0 Å². The predicted octanol–water partition coefficient (Wildman–Crippen LogP) is 4.30. The molecule has 3 rings (SSSR count). The quantitative estimate of drug-likeness (QED) is 0.594. The van der Waals surface area contributed by atoms with Crippen LogP contribution < -0.4 is 4.72 Å². The van der Waals surface area contributed by atoms with Gasteiger partial charge in [0.25, 0.3) is 0 Å². The van der Waals surface area contributed by atoms with Gasteiger partial charge in [0.15, 0.2) is 0 Å². The second-order valence-electron chi connectivity index (χ2n) is 6.47. The molecule has 0 bridgehead atoms. The highest BCUT2D eigenvalue weighted by Crippen LogP contribution is 2.26. The van der Waals surface area contributed by atoms with Crippen LogP contribution in [0.4, 0.5) is 0 Å². The van der Waals surface area contributed by atoms with Crippen LogP contribution in [0.15, 0.2) is 88.2 Å². The van der Waals surface area contributed by atoms with Crippen LogP contribution in [0.1, 0.15) is 12.5 Å². The fourth-order valence-electron chi connectivity index (χ4n) is 2.73. The summed E-state index contributed by atoms with van der Waals surface area (Å²) >= 11 is 3.25. The Bertz CT molecular complexity index is 1020. The Hall–Kier alpha value is -1.99. The molecular formula is C21H20BrNO3S. The molecule has 0 saturated heterocycles. The maximum absolute atomic E-state index is 12.5. The van der Waals surface area contributed by atoms with E-state index in [1.54, 1.807) is 25.1 Å². The minimum Gasteiger partial charge on any atom is -0.384 e. The number of halogens is 1. The fourth-order valence-corrected chi connectivity index (χ4v) is 4.86. The minimum absolute atomic E-state index is 0.138. The number of hydrogen-bond acceptors (Lipinski definition) is 3. The highest BCUT2D eigenvalue weighted by atomic mass is 79.9. The van der Waals surface area contributed by atoms with Gasteiger partial charge in [-0.25, -0.2) is 13.1 Å². The summed E-state index contributed by atoms with van der Waals surface area (Å²) in [5, 5.41) is 10.8. The maximum atomic E-state index is 12.5. The van der Waals surface area contributed by atoms with Gasteiger partial charge in [-0.2, -0.15) is 0 Å². The van der Waals surface area contributed by atoms with Crippen molar-refractivity contribution in [3.63, 3.8) is 0 Å². The van der Waals surface area contributed by atoms with Crippen molar-refractivity contribution in [2.45, 2.75) is 17.4 Å². The molecular weight excluding hydrogens is 426 g/mol. The average molecular weight is 446 g/mol. The molecule has 140 valence electrons. The van der Waals surface area contributed by atoms with Crippen molar-refractivity contribution >= 4 is 26.0 Å². The number of nitrogens with one attached hydrogen (secondary N) is 1. The zero-order valence-electron chi connectivity index (χ0n) is 14.8. The Labute approximate surface area is 168 Å². The van der Waals surface area contributed by atoms with Crippen LogP contribution in [0.25, 0.3) is 11.1 Å². The Morgan fingerprint density at radius 1 is 0.889 bits per heavy atom. The average Bonchev–Trinajstić information content (AvgIpc) is 2.68. The molecule has 1 atom stereocenters. The molecule has 3 aromatic carbocycles. The third-order valence-corrected chi connectivity index (χ3v) is 6.76. The molecule has 0 fully saturated rings. The van der Waals surface area contributed by atoms with Crippen LogP contribution in [0.5, 0.6) is 0 Å². The topological polar surface area (TPSA) is 66.4 Å². The van der Waals surface area contributed by atoms with E-state index in [9.17, 15) is 13.5 Å². The lowest BCUT2D eigenvalue weighted by molar-refractivity contribution is 0.0627. The van der Waals surface area contributed by atoms with Gasteiger partial charge in [-0.3, -0.25) is 0 Å². The van der Waals surface area contributed by atoms with Crippen LogP contribution in [0.3, 0.4) is 0 Å². The molecule has 6 heteroatoms. The van der Waals surface area contributed by atoms with Crippen molar-refractivity contribution in [2.24, 2.45) is 0 Å². The van der Waals surface area contributed by atoms with Crippen LogP contribution in [0.2, 0.25) is 0 Å². The number of sulfonamides is 1. The van der Waals surface area contributed by atoms with E-state index in [-0.39, 0.29) is 11.4 Å². The van der Waals surface area contributed by atoms with Crippen molar-refractivity contribution in [3.05, 3.63) is 88.9 Å². The highest BCUT2D eigenvalue weighted by molar-refractivity contribution is 9.10. The highest BCUT2D eigenvalue weighted by Gasteiger charge is 2.27. The molecule has 0 radical (unpaired) electrons. The SMILES string of the molecule is C[C@@](O)(CNS(=O)(=O)c1ccccc1Br)c1ccc(-c2ccccc2)cc1. The molecule has 0 amide bonds. The largest absolute Gasteiger partial charge is 0.384 e. The maximum Gasteiger partial charge on any atom is 0.241 e. The molecule has 0 spiro atoms. The summed E-state index contributed by atoms with van der Waals surface area (Å²) in [6, 6.07) is 24.0. The molecule has 0 aromatic heterocycles. The van der Waals surface area contributed by atoms with Crippen molar-refractivity contribution < 1.29 is 13.5 Å². The molecule has 2 N–H and O–H groups in total. The van der Waals surface area contributed by atoms with Gasteiger partial charge in [-0.05, 0) is 51.7 Å². The summed E-state index contributed by atoms with van der Waals surface area (Å²) in [6.45, 7) is 1.45. The first-order chi connectivity index (χ1) is 12.8. The van der Waals surface area contributed by atoms with Crippen molar-refractivity contribution in [1.29, 1.82) is 0 Å². The molecule has 0 aliphatic rings. The van der Waals surface area contributed by atoms with Gasteiger partial charge >= 0.3 is 0 Å². The molecule has 0 unspecified atom stereocenters. The van der Waals surface area contributed by atoms with E-state index in [2.05, 4.69) is 20.7 Å². The summed E-state index contributed by atoms with van der Waals surface area (Å²) in [4.78, 5) is 0.139. The van der Waals surface area contributed by atoms with Gasteiger partial charge in [-0.1, -0.05) is 66.7 Å². The second kappa shape index (κ2) is 7.94. The lowest BCUT2D eigenvalue weighted by atomic mass is 9.94. The van der Waals surface area contributed by atoms with Gasteiger partial charge < -0.3 is 5.11 Å². The smallest absolute Gasteiger partial charge is 0.241 e. The van der Waals surface area contributed by atoms with Crippen LogP contribution >= 0.6 is 15.9 Å². The molecule has 0 saturated carbocycles. The lowest BCUT2D eigenvalue weighted by Crippen LogP contribution is -2.38. The summed E-state index contributed by atoms with van der Waals surface area (Å²) < 4.78 is 28.0. The zero-order chi connectivity index (χ0) is 19.5. The Morgan fingerprint density at radius 2 is 1.44 bits per heavy atom.